The third kappa shape index (κ3) is 4.59. The van der Waals surface area contributed by atoms with Crippen LogP contribution in [0.15, 0.2) is 42.7 Å². The van der Waals surface area contributed by atoms with Gasteiger partial charge in [-0.1, -0.05) is 17.7 Å². The van der Waals surface area contributed by atoms with Gasteiger partial charge in [-0.3, -0.25) is 0 Å². The highest BCUT2D eigenvalue weighted by Gasteiger charge is 2.13. The van der Waals surface area contributed by atoms with Crippen molar-refractivity contribution in [2.24, 2.45) is 0 Å². The molecular formula is C20H22ClN3O3. The van der Waals surface area contributed by atoms with Crippen LogP contribution in [0.25, 0.3) is 10.9 Å². The van der Waals surface area contributed by atoms with Crippen LogP contribution >= 0.6 is 11.6 Å². The quantitative estimate of drug-likeness (QED) is 0.574. The fraction of sp³-hybridized carbons (Fsp3) is 0.300. The van der Waals surface area contributed by atoms with Gasteiger partial charge in [0.1, 0.15) is 18.8 Å². The highest BCUT2D eigenvalue weighted by Crippen LogP contribution is 2.32. The van der Waals surface area contributed by atoms with Crippen molar-refractivity contribution in [3.63, 3.8) is 0 Å². The summed E-state index contributed by atoms with van der Waals surface area (Å²) in [6, 6.07) is 11.4. The Hall–Kier alpha value is -2.57. The molecule has 3 aromatic rings. The van der Waals surface area contributed by atoms with Crippen molar-refractivity contribution in [3.05, 3.63) is 53.3 Å². The topological polar surface area (TPSA) is 65.5 Å². The van der Waals surface area contributed by atoms with Gasteiger partial charge in [0.15, 0.2) is 11.5 Å². The Morgan fingerprint density at radius 1 is 1.04 bits per heavy atom. The van der Waals surface area contributed by atoms with Gasteiger partial charge in [0.2, 0.25) is 0 Å². The number of nitrogens with zero attached hydrogens (tertiary/aromatic N) is 2. The van der Waals surface area contributed by atoms with Gasteiger partial charge >= 0.3 is 0 Å². The molecule has 27 heavy (non-hydrogen) atoms. The van der Waals surface area contributed by atoms with Crippen LogP contribution in [-0.4, -0.2) is 37.4 Å². The molecule has 1 aromatic heterocycles. The highest BCUT2D eigenvalue weighted by atomic mass is 35.5. The molecule has 0 aliphatic carbocycles. The molecule has 7 heteroatoms. The molecule has 6 nitrogen and oxygen atoms in total. The SMILES string of the molecule is COCCOc1ccc(C(C)Nc2ncnc3cc(Cl)ccc23)cc1OC. The van der Waals surface area contributed by atoms with E-state index in [1.54, 1.807) is 14.2 Å². The predicted molar refractivity (Wildman–Crippen MR) is 107 cm³/mol. The number of halogens is 1. The maximum Gasteiger partial charge on any atom is 0.161 e. The monoisotopic (exact) mass is 387 g/mol. The molecule has 0 fully saturated rings. The summed E-state index contributed by atoms with van der Waals surface area (Å²) in [6.45, 7) is 3.05. The van der Waals surface area contributed by atoms with E-state index in [0.29, 0.717) is 29.7 Å². The fourth-order valence-corrected chi connectivity index (χ4v) is 2.91. The maximum absolute atomic E-state index is 6.05. The van der Waals surface area contributed by atoms with E-state index in [-0.39, 0.29) is 6.04 Å². The smallest absolute Gasteiger partial charge is 0.161 e. The number of rotatable bonds is 8. The lowest BCUT2D eigenvalue weighted by Gasteiger charge is -2.18. The number of aromatic nitrogens is 2. The molecule has 1 atom stereocenters. The van der Waals surface area contributed by atoms with Crippen LogP contribution in [0, 0.1) is 0 Å². The van der Waals surface area contributed by atoms with E-state index in [0.717, 1.165) is 22.3 Å². The second kappa shape index (κ2) is 8.88. The first-order chi connectivity index (χ1) is 13.1. The first-order valence-electron chi connectivity index (χ1n) is 8.59. The second-order valence-electron chi connectivity index (χ2n) is 6.00. The van der Waals surface area contributed by atoms with Crippen LogP contribution in [-0.2, 0) is 4.74 Å². The lowest BCUT2D eigenvalue weighted by Crippen LogP contribution is -2.10. The molecular weight excluding hydrogens is 366 g/mol. The predicted octanol–water partition coefficient (Wildman–Crippen LogP) is 4.49. The number of nitrogens with one attached hydrogen (secondary N) is 1. The summed E-state index contributed by atoms with van der Waals surface area (Å²) < 4.78 is 16.2. The standard InChI is InChI=1S/C20H22ClN3O3/c1-13(14-4-7-18(19(10-14)26-3)27-9-8-25-2)24-20-16-6-5-15(21)11-17(16)22-12-23-20/h4-7,10-13H,8-9H2,1-3H3,(H,22,23,24). The zero-order valence-corrected chi connectivity index (χ0v) is 16.3. The number of hydrogen-bond donors (Lipinski definition) is 1. The number of hydrogen-bond acceptors (Lipinski definition) is 6. The van der Waals surface area contributed by atoms with E-state index in [2.05, 4.69) is 22.2 Å². The lowest BCUT2D eigenvalue weighted by molar-refractivity contribution is 0.144. The van der Waals surface area contributed by atoms with Gasteiger partial charge in [-0.25, -0.2) is 9.97 Å². The molecule has 0 saturated heterocycles. The average molecular weight is 388 g/mol. The van der Waals surface area contributed by atoms with Crippen molar-refractivity contribution >= 4 is 28.3 Å². The van der Waals surface area contributed by atoms with E-state index < -0.39 is 0 Å². The fourth-order valence-electron chi connectivity index (χ4n) is 2.74. The molecule has 0 aliphatic rings. The van der Waals surface area contributed by atoms with Crippen molar-refractivity contribution in [3.8, 4) is 11.5 Å². The molecule has 3 rings (SSSR count). The number of methoxy groups -OCH3 is 2. The van der Waals surface area contributed by atoms with Crippen molar-refractivity contribution in [1.82, 2.24) is 9.97 Å². The largest absolute Gasteiger partial charge is 0.493 e. The van der Waals surface area contributed by atoms with E-state index in [1.807, 2.05) is 36.4 Å². The first kappa shape index (κ1) is 19.2. The van der Waals surface area contributed by atoms with Crippen molar-refractivity contribution in [1.29, 1.82) is 0 Å². The zero-order chi connectivity index (χ0) is 19.2. The summed E-state index contributed by atoms with van der Waals surface area (Å²) in [5.41, 5.74) is 1.85. The second-order valence-corrected chi connectivity index (χ2v) is 6.44. The molecule has 0 bridgehead atoms. The van der Waals surface area contributed by atoms with Gasteiger partial charge in [0.05, 0.1) is 25.3 Å². The summed E-state index contributed by atoms with van der Waals surface area (Å²) in [5, 5.41) is 5.00. The molecule has 0 amide bonds. The van der Waals surface area contributed by atoms with Gasteiger partial charge in [-0.05, 0) is 42.8 Å². The normalized spacial score (nSPS) is 12.0. The van der Waals surface area contributed by atoms with Gasteiger partial charge in [-0.2, -0.15) is 0 Å². The third-order valence-electron chi connectivity index (χ3n) is 4.18. The Labute approximate surface area is 163 Å². The Kier molecular flexibility index (Phi) is 6.32. The van der Waals surface area contributed by atoms with Crippen LogP contribution in [0.3, 0.4) is 0 Å². The minimum absolute atomic E-state index is 0.000651. The van der Waals surface area contributed by atoms with Gasteiger partial charge in [-0.15, -0.1) is 0 Å². The summed E-state index contributed by atoms with van der Waals surface area (Å²) in [6.07, 6.45) is 1.53. The van der Waals surface area contributed by atoms with Crippen molar-refractivity contribution in [2.45, 2.75) is 13.0 Å². The Morgan fingerprint density at radius 3 is 2.67 bits per heavy atom. The molecule has 0 spiro atoms. The highest BCUT2D eigenvalue weighted by molar-refractivity contribution is 6.31. The molecule has 1 unspecified atom stereocenters. The van der Waals surface area contributed by atoms with Crippen molar-refractivity contribution in [2.75, 3.05) is 32.8 Å². The minimum atomic E-state index is 0.000651. The molecule has 0 aliphatic heterocycles. The van der Waals surface area contributed by atoms with Gasteiger partial charge < -0.3 is 19.5 Å². The van der Waals surface area contributed by atoms with E-state index in [1.165, 1.54) is 6.33 Å². The third-order valence-corrected chi connectivity index (χ3v) is 4.42. The minimum Gasteiger partial charge on any atom is -0.493 e. The maximum atomic E-state index is 6.05. The van der Waals surface area contributed by atoms with E-state index >= 15 is 0 Å². The Bertz CT molecular complexity index is 920. The molecule has 0 saturated carbocycles. The number of anilines is 1. The molecule has 1 N–H and O–H groups in total. The molecule has 0 radical (unpaired) electrons. The van der Waals surface area contributed by atoms with Crippen LogP contribution in [0.5, 0.6) is 11.5 Å². The number of ether oxygens (including phenoxy) is 3. The van der Waals surface area contributed by atoms with E-state index in [9.17, 15) is 0 Å². The van der Waals surface area contributed by atoms with Gasteiger partial charge in [0, 0.05) is 17.5 Å². The first-order valence-corrected chi connectivity index (χ1v) is 8.96. The average Bonchev–Trinajstić information content (AvgIpc) is 2.68. The number of benzene rings is 2. The molecule has 2 aromatic carbocycles. The Morgan fingerprint density at radius 2 is 1.89 bits per heavy atom. The summed E-state index contributed by atoms with van der Waals surface area (Å²) in [7, 11) is 3.27. The zero-order valence-electron chi connectivity index (χ0n) is 15.5. The van der Waals surface area contributed by atoms with Crippen LogP contribution in [0.2, 0.25) is 5.02 Å². The van der Waals surface area contributed by atoms with Crippen LogP contribution in [0.4, 0.5) is 5.82 Å². The van der Waals surface area contributed by atoms with Crippen LogP contribution < -0.4 is 14.8 Å². The lowest BCUT2D eigenvalue weighted by atomic mass is 10.1. The molecule has 142 valence electrons. The Balaban J connectivity index is 1.81. The van der Waals surface area contributed by atoms with Gasteiger partial charge in [0.25, 0.3) is 0 Å². The summed E-state index contributed by atoms with van der Waals surface area (Å²) in [5.74, 6) is 2.12. The van der Waals surface area contributed by atoms with Crippen LogP contribution in [0.1, 0.15) is 18.5 Å². The van der Waals surface area contributed by atoms with E-state index in [4.69, 9.17) is 25.8 Å². The number of fused-ring (bicyclic) bond motifs is 1. The summed E-state index contributed by atoms with van der Waals surface area (Å²) >= 11 is 6.05. The summed E-state index contributed by atoms with van der Waals surface area (Å²) in [4.78, 5) is 8.65. The molecule has 1 heterocycles. The van der Waals surface area contributed by atoms with Crippen molar-refractivity contribution < 1.29 is 14.2 Å².